The van der Waals surface area contributed by atoms with Gasteiger partial charge in [-0.3, -0.25) is 4.79 Å². The van der Waals surface area contributed by atoms with E-state index in [0.29, 0.717) is 19.6 Å². The van der Waals surface area contributed by atoms with Crippen molar-refractivity contribution >= 4 is 12.0 Å². The Morgan fingerprint density at radius 3 is 2.32 bits per heavy atom. The fourth-order valence-corrected chi connectivity index (χ4v) is 2.41. The maximum absolute atomic E-state index is 12.2. The molecule has 1 saturated heterocycles. The second kappa shape index (κ2) is 6.75. The number of rotatable bonds is 5. The lowest BCUT2D eigenvalue weighted by atomic mass is 9.99. The molecule has 0 spiro atoms. The summed E-state index contributed by atoms with van der Waals surface area (Å²) in [5.41, 5.74) is 0. The Kier molecular flexibility index (Phi) is 5.60. The molecule has 1 rings (SSSR count). The summed E-state index contributed by atoms with van der Waals surface area (Å²) in [6.45, 7) is 4.38. The van der Waals surface area contributed by atoms with Crippen LogP contribution in [0.3, 0.4) is 0 Å². The van der Waals surface area contributed by atoms with Crippen molar-refractivity contribution in [1.82, 2.24) is 14.7 Å². The molecule has 1 aliphatic heterocycles. The summed E-state index contributed by atoms with van der Waals surface area (Å²) >= 11 is 0. The number of carbonyl (C=O) groups is 2. The van der Waals surface area contributed by atoms with Gasteiger partial charge in [0, 0.05) is 26.7 Å². The summed E-state index contributed by atoms with van der Waals surface area (Å²) in [6, 6.07) is -0.0608. The van der Waals surface area contributed by atoms with Crippen LogP contribution >= 0.6 is 0 Å². The fraction of sp³-hybridized carbons (Fsp3) is 0.846. The molecule has 6 nitrogen and oxygen atoms in total. The number of amides is 2. The lowest BCUT2D eigenvalue weighted by Crippen LogP contribution is -2.41. The van der Waals surface area contributed by atoms with Gasteiger partial charge < -0.3 is 19.8 Å². The molecule has 6 heteroatoms. The zero-order chi connectivity index (χ0) is 14.6. The first-order valence-corrected chi connectivity index (χ1v) is 6.70. The molecule has 0 bridgehead atoms. The molecular weight excluding hydrogens is 246 g/mol. The molecule has 1 aliphatic rings. The van der Waals surface area contributed by atoms with Crippen molar-refractivity contribution in [2.24, 2.45) is 11.8 Å². The highest BCUT2D eigenvalue weighted by molar-refractivity contribution is 5.77. The van der Waals surface area contributed by atoms with E-state index in [0.717, 1.165) is 13.0 Å². The van der Waals surface area contributed by atoms with Gasteiger partial charge in [-0.15, -0.1) is 0 Å². The summed E-state index contributed by atoms with van der Waals surface area (Å²) in [5, 5.41) is 9.07. The monoisotopic (exact) mass is 271 g/mol. The van der Waals surface area contributed by atoms with Crippen LogP contribution in [0.25, 0.3) is 0 Å². The van der Waals surface area contributed by atoms with E-state index >= 15 is 0 Å². The van der Waals surface area contributed by atoms with E-state index in [2.05, 4.69) is 4.90 Å². The van der Waals surface area contributed by atoms with Crippen molar-refractivity contribution in [1.29, 1.82) is 0 Å². The Bertz CT molecular complexity index is 333. The van der Waals surface area contributed by atoms with Gasteiger partial charge in [0.05, 0.1) is 5.92 Å². The molecule has 110 valence electrons. The number of carboxylic acid groups (broad SMARTS) is 1. The highest BCUT2D eigenvalue weighted by atomic mass is 16.4. The first-order valence-electron chi connectivity index (χ1n) is 6.70. The Hall–Kier alpha value is -1.30. The number of urea groups is 1. The minimum absolute atomic E-state index is 0.0247. The van der Waals surface area contributed by atoms with Gasteiger partial charge in [0.15, 0.2) is 0 Å². The fourth-order valence-electron chi connectivity index (χ4n) is 2.41. The predicted molar refractivity (Wildman–Crippen MR) is 73.1 cm³/mol. The SMILES string of the molecule is C[C@@H]1CN(C(=O)N(C)CCCN(C)C)C[C@H]1C(=O)O. The maximum Gasteiger partial charge on any atom is 0.319 e. The summed E-state index contributed by atoms with van der Waals surface area (Å²) in [4.78, 5) is 28.6. The molecule has 2 amide bonds. The predicted octanol–water partition coefficient (Wildman–Crippen LogP) is 0.642. The van der Waals surface area contributed by atoms with Crippen molar-refractivity contribution < 1.29 is 14.7 Å². The van der Waals surface area contributed by atoms with E-state index in [1.807, 2.05) is 21.0 Å². The van der Waals surface area contributed by atoms with E-state index in [-0.39, 0.29) is 11.9 Å². The third-order valence-electron chi connectivity index (χ3n) is 3.63. The average Bonchev–Trinajstić information content (AvgIpc) is 2.69. The molecule has 0 aromatic rings. The summed E-state index contributed by atoms with van der Waals surface area (Å²) in [6.07, 6.45) is 0.918. The zero-order valence-electron chi connectivity index (χ0n) is 12.3. The van der Waals surface area contributed by atoms with Crippen molar-refractivity contribution in [2.45, 2.75) is 13.3 Å². The molecule has 0 aliphatic carbocycles. The van der Waals surface area contributed by atoms with E-state index < -0.39 is 11.9 Å². The van der Waals surface area contributed by atoms with Crippen LogP contribution in [0.15, 0.2) is 0 Å². The maximum atomic E-state index is 12.2. The summed E-state index contributed by atoms with van der Waals surface area (Å²) in [5.74, 6) is -1.21. The van der Waals surface area contributed by atoms with Gasteiger partial charge in [-0.2, -0.15) is 0 Å². The number of hydrogen-bond donors (Lipinski definition) is 1. The van der Waals surface area contributed by atoms with Crippen molar-refractivity contribution in [2.75, 3.05) is 47.3 Å². The molecule has 1 N–H and O–H groups in total. The molecule has 1 heterocycles. The Balaban J connectivity index is 2.43. The Morgan fingerprint density at radius 2 is 1.84 bits per heavy atom. The van der Waals surface area contributed by atoms with E-state index in [1.165, 1.54) is 0 Å². The number of aliphatic carboxylic acids is 1. The Labute approximate surface area is 115 Å². The number of nitrogens with zero attached hydrogens (tertiary/aromatic N) is 3. The van der Waals surface area contributed by atoms with Crippen molar-refractivity contribution in [3.63, 3.8) is 0 Å². The van der Waals surface area contributed by atoms with Crippen LogP contribution < -0.4 is 0 Å². The molecular formula is C13H25N3O3. The molecule has 1 fully saturated rings. The second-order valence-corrected chi connectivity index (χ2v) is 5.69. The third-order valence-corrected chi connectivity index (χ3v) is 3.63. The van der Waals surface area contributed by atoms with Crippen LogP contribution in [0.1, 0.15) is 13.3 Å². The van der Waals surface area contributed by atoms with Crippen molar-refractivity contribution in [3.05, 3.63) is 0 Å². The first kappa shape index (κ1) is 15.8. The minimum atomic E-state index is -0.807. The lowest BCUT2D eigenvalue weighted by Gasteiger charge is -2.25. The molecule has 0 unspecified atom stereocenters. The van der Waals surface area contributed by atoms with E-state index in [4.69, 9.17) is 5.11 Å². The zero-order valence-corrected chi connectivity index (χ0v) is 12.3. The average molecular weight is 271 g/mol. The van der Waals surface area contributed by atoms with Crippen LogP contribution in [0.5, 0.6) is 0 Å². The smallest absolute Gasteiger partial charge is 0.319 e. The molecule has 0 aromatic heterocycles. The van der Waals surface area contributed by atoms with Gasteiger partial charge in [0.2, 0.25) is 0 Å². The number of hydrogen-bond acceptors (Lipinski definition) is 3. The largest absolute Gasteiger partial charge is 0.481 e. The topological polar surface area (TPSA) is 64.1 Å². The summed E-state index contributed by atoms with van der Waals surface area (Å²) in [7, 11) is 5.78. The van der Waals surface area contributed by atoms with Crippen LogP contribution in [0, 0.1) is 11.8 Å². The van der Waals surface area contributed by atoms with Gasteiger partial charge in [0.25, 0.3) is 0 Å². The molecule has 2 atom stereocenters. The highest BCUT2D eigenvalue weighted by Gasteiger charge is 2.37. The third kappa shape index (κ3) is 4.38. The van der Waals surface area contributed by atoms with Gasteiger partial charge in [-0.1, -0.05) is 6.92 Å². The van der Waals surface area contributed by atoms with Gasteiger partial charge >= 0.3 is 12.0 Å². The second-order valence-electron chi connectivity index (χ2n) is 5.69. The normalized spacial score (nSPS) is 22.9. The first-order chi connectivity index (χ1) is 8.82. The number of carboxylic acids is 1. The summed E-state index contributed by atoms with van der Waals surface area (Å²) < 4.78 is 0. The van der Waals surface area contributed by atoms with Gasteiger partial charge in [-0.05, 0) is 33.0 Å². The molecule has 0 aromatic carbocycles. The minimum Gasteiger partial charge on any atom is -0.481 e. The molecule has 0 saturated carbocycles. The van der Waals surface area contributed by atoms with Crippen LogP contribution in [-0.2, 0) is 4.79 Å². The van der Waals surface area contributed by atoms with Crippen LogP contribution in [0.2, 0.25) is 0 Å². The molecule has 19 heavy (non-hydrogen) atoms. The van der Waals surface area contributed by atoms with Gasteiger partial charge in [0.1, 0.15) is 0 Å². The van der Waals surface area contributed by atoms with E-state index in [1.54, 1.807) is 16.8 Å². The molecule has 0 radical (unpaired) electrons. The standard InChI is InChI=1S/C13H25N3O3/c1-10-8-16(9-11(10)12(17)18)13(19)15(4)7-5-6-14(2)3/h10-11H,5-9H2,1-4H3,(H,17,18)/t10-,11-/m1/s1. The van der Waals surface area contributed by atoms with Crippen LogP contribution in [0.4, 0.5) is 4.79 Å². The lowest BCUT2D eigenvalue weighted by molar-refractivity contribution is -0.142. The number of carbonyl (C=O) groups excluding carboxylic acids is 1. The van der Waals surface area contributed by atoms with Crippen LogP contribution in [-0.4, -0.2) is 79.1 Å². The number of likely N-dealkylation sites (tertiary alicyclic amines) is 1. The quantitative estimate of drug-likeness (QED) is 0.797. The van der Waals surface area contributed by atoms with E-state index in [9.17, 15) is 9.59 Å². The Morgan fingerprint density at radius 1 is 1.21 bits per heavy atom. The highest BCUT2D eigenvalue weighted by Crippen LogP contribution is 2.23. The van der Waals surface area contributed by atoms with Crippen molar-refractivity contribution in [3.8, 4) is 0 Å². The van der Waals surface area contributed by atoms with Gasteiger partial charge in [-0.25, -0.2) is 4.79 Å².